The highest BCUT2D eigenvalue weighted by atomic mass is 16.3. The average Bonchev–Trinajstić information content (AvgIpc) is 2.31. The first kappa shape index (κ1) is 12.0. The lowest BCUT2D eigenvalue weighted by molar-refractivity contribution is 0.0389. The molecule has 1 aromatic rings. The number of fused-ring (bicyclic) bond motifs is 4. The number of hydrogen-bond acceptors (Lipinski definition) is 2. The highest BCUT2D eigenvalue weighted by molar-refractivity contribution is 5.46. The molecule has 18 heavy (non-hydrogen) atoms. The maximum Gasteiger partial charge on any atom is 0.115 e. The van der Waals surface area contributed by atoms with Gasteiger partial charge >= 0.3 is 0 Å². The van der Waals surface area contributed by atoms with Crippen LogP contribution >= 0.6 is 0 Å². The summed E-state index contributed by atoms with van der Waals surface area (Å²) in [7, 11) is 0. The fraction of sp³-hybridized carbons (Fsp3) is 0.625. The lowest BCUT2D eigenvalue weighted by Gasteiger charge is -2.59. The molecule has 0 saturated carbocycles. The Morgan fingerprint density at radius 2 is 2.17 bits per heavy atom. The van der Waals surface area contributed by atoms with Crippen LogP contribution in [0.15, 0.2) is 18.2 Å². The number of aromatic hydroxyl groups is 1. The van der Waals surface area contributed by atoms with Crippen LogP contribution in [0.4, 0.5) is 0 Å². The summed E-state index contributed by atoms with van der Waals surface area (Å²) in [6, 6.07) is 6.52. The normalized spacial score (nSPS) is 32.9. The standard InChI is InChI=1S/C16H23NO/c1-4-16-7-8-17-14(15(16,2)3)9-11-5-6-12(18)10-13(11)16/h5-6,10,14,17-18H,4,7-9H2,1-3H3/t14?,16-/m1/s1. The van der Waals surface area contributed by atoms with Crippen LogP contribution in [0.2, 0.25) is 0 Å². The SMILES string of the molecule is CC[C@@]12CCNC(Cc3ccc(O)cc31)C2(C)C. The Morgan fingerprint density at radius 1 is 1.39 bits per heavy atom. The summed E-state index contributed by atoms with van der Waals surface area (Å²) in [5, 5.41) is 13.5. The summed E-state index contributed by atoms with van der Waals surface area (Å²) in [4.78, 5) is 0. The number of piperidine rings is 1. The van der Waals surface area contributed by atoms with Gasteiger partial charge in [0.25, 0.3) is 0 Å². The Kier molecular flexibility index (Phi) is 2.50. The van der Waals surface area contributed by atoms with Crippen molar-refractivity contribution < 1.29 is 5.11 Å². The van der Waals surface area contributed by atoms with Gasteiger partial charge in [0.1, 0.15) is 5.75 Å². The highest BCUT2D eigenvalue weighted by Crippen LogP contribution is 2.56. The largest absolute Gasteiger partial charge is 0.508 e. The van der Waals surface area contributed by atoms with E-state index in [1.54, 1.807) is 0 Å². The van der Waals surface area contributed by atoms with E-state index in [2.05, 4.69) is 32.2 Å². The third kappa shape index (κ3) is 1.33. The first-order valence-corrected chi connectivity index (χ1v) is 7.07. The molecule has 2 nitrogen and oxygen atoms in total. The van der Waals surface area contributed by atoms with Crippen LogP contribution < -0.4 is 5.32 Å². The molecule has 98 valence electrons. The molecule has 3 rings (SSSR count). The minimum absolute atomic E-state index is 0.217. The molecule has 2 atom stereocenters. The quantitative estimate of drug-likeness (QED) is 0.797. The van der Waals surface area contributed by atoms with Crippen LogP contribution in [0, 0.1) is 5.41 Å². The van der Waals surface area contributed by atoms with Crippen molar-refractivity contribution in [3.8, 4) is 5.75 Å². The van der Waals surface area contributed by atoms with E-state index in [0.29, 0.717) is 11.8 Å². The predicted octanol–water partition coefficient (Wildman–Crippen LogP) is 2.98. The van der Waals surface area contributed by atoms with Gasteiger partial charge in [0.05, 0.1) is 0 Å². The number of nitrogens with one attached hydrogen (secondary N) is 1. The van der Waals surface area contributed by atoms with Gasteiger partial charge in [0.2, 0.25) is 0 Å². The average molecular weight is 245 g/mol. The molecule has 2 bridgehead atoms. The first-order chi connectivity index (χ1) is 8.51. The van der Waals surface area contributed by atoms with Gasteiger partial charge in [0, 0.05) is 11.5 Å². The Balaban J connectivity index is 2.25. The smallest absolute Gasteiger partial charge is 0.115 e. The molecule has 0 spiro atoms. The molecule has 2 aliphatic rings. The van der Waals surface area contributed by atoms with Crippen LogP contribution in [0.1, 0.15) is 44.7 Å². The Hall–Kier alpha value is -1.02. The number of benzene rings is 1. The van der Waals surface area contributed by atoms with Crippen LogP contribution in [0.3, 0.4) is 0 Å². The lowest BCUT2D eigenvalue weighted by atomic mass is 9.49. The molecule has 1 aliphatic carbocycles. The van der Waals surface area contributed by atoms with Crippen LogP contribution in [-0.4, -0.2) is 17.7 Å². The van der Waals surface area contributed by atoms with Gasteiger partial charge in [-0.05, 0) is 54.5 Å². The Morgan fingerprint density at radius 3 is 2.89 bits per heavy atom. The number of hydrogen-bond donors (Lipinski definition) is 2. The summed E-state index contributed by atoms with van der Waals surface area (Å²) in [5.41, 5.74) is 3.29. The van der Waals surface area contributed by atoms with Crippen LogP contribution in [0.25, 0.3) is 0 Å². The van der Waals surface area contributed by atoms with E-state index in [9.17, 15) is 5.11 Å². The van der Waals surface area contributed by atoms with Crippen LogP contribution in [0.5, 0.6) is 5.75 Å². The van der Waals surface area contributed by atoms with Crippen molar-refractivity contribution in [2.45, 2.75) is 51.5 Å². The molecule has 1 aromatic carbocycles. The van der Waals surface area contributed by atoms with Crippen molar-refractivity contribution in [3.63, 3.8) is 0 Å². The molecule has 0 aromatic heterocycles. The van der Waals surface area contributed by atoms with Crippen LogP contribution in [-0.2, 0) is 11.8 Å². The fourth-order valence-electron chi connectivity index (χ4n) is 4.41. The van der Waals surface area contributed by atoms with Gasteiger partial charge in [-0.3, -0.25) is 0 Å². The lowest BCUT2D eigenvalue weighted by Crippen LogP contribution is -2.63. The van der Waals surface area contributed by atoms with Crippen molar-refractivity contribution in [1.82, 2.24) is 5.32 Å². The van der Waals surface area contributed by atoms with Crippen molar-refractivity contribution in [2.24, 2.45) is 5.41 Å². The second-order valence-corrected chi connectivity index (χ2v) is 6.46. The summed E-state index contributed by atoms with van der Waals surface area (Å²) in [5.74, 6) is 0.411. The summed E-state index contributed by atoms with van der Waals surface area (Å²) < 4.78 is 0. The van der Waals surface area contributed by atoms with Gasteiger partial charge in [-0.25, -0.2) is 0 Å². The van der Waals surface area contributed by atoms with Crippen molar-refractivity contribution >= 4 is 0 Å². The van der Waals surface area contributed by atoms with Crippen molar-refractivity contribution in [3.05, 3.63) is 29.3 Å². The Labute approximate surface area is 109 Å². The molecule has 1 fully saturated rings. The van der Waals surface area contributed by atoms with Gasteiger partial charge in [-0.1, -0.05) is 26.8 Å². The molecular weight excluding hydrogens is 222 g/mol. The van der Waals surface area contributed by atoms with Gasteiger partial charge < -0.3 is 10.4 Å². The topological polar surface area (TPSA) is 32.3 Å². The van der Waals surface area contributed by atoms with Gasteiger partial charge in [-0.15, -0.1) is 0 Å². The minimum Gasteiger partial charge on any atom is -0.508 e. The fourth-order valence-corrected chi connectivity index (χ4v) is 4.41. The molecule has 1 unspecified atom stereocenters. The first-order valence-electron chi connectivity index (χ1n) is 7.07. The minimum atomic E-state index is 0.217. The Bertz CT molecular complexity index is 480. The molecule has 1 heterocycles. The van der Waals surface area contributed by atoms with Gasteiger partial charge in [-0.2, -0.15) is 0 Å². The molecular formula is C16H23NO. The highest BCUT2D eigenvalue weighted by Gasteiger charge is 2.54. The van der Waals surface area contributed by atoms with Crippen molar-refractivity contribution in [1.29, 1.82) is 0 Å². The monoisotopic (exact) mass is 245 g/mol. The van der Waals surface area contributed by atoms with E-state index in [4.69, 9.17) is 0 Å². The summed E-state index contributed by atoms with van der Waals surface area (Å²) in [6.07, 6.45) is 3.41. The van der Waals surface area contributed by atoms with Crippen molar-refractivity contribution in [2.75, 3.05) is 6.54 Å². The third-order valence-corrected chi connectivity index (χ3v) is 5.68. The maximum atomic E-state index is 9.85. The third-order valence-electron chi connectivity index (χ3n) is 5.68. The molecule has 2 heteroatoms. The molecule has 0 radical (unpaired) electrons. The predicted molar refractivity (Wildman–Crippen MR) is 74.0 cm³/mol. The number of rotatable bonds is 1. The second-order valence-electron chi connectivity index (χ2n) is 6.46. The van der Waals surface area contributed by atoms with E-state index >= 15 is 0 Å². The zero-order chi connectivity index (χ0) is 13.0. The second kappa shape index (κ2) is 3.74. The van der Waals surface area contributed by atoms with E-state index in [0.717, 1.165) is 19.4 Å². The molecule has 1 saturated heterocycles. The van der Waals surface area contributed by atoms with E-state index in [-0.39, 0.29) is 10.8 Å². The number of phenolic OH excluding ortho intramolecular Hbond substituents is 1. The maximum absolute atomic E-state index is 9.85. The van der Waals surface area contributed by atoms with E-state index in [1.165, 1.54) is 17.5 Å². The molecule has 2 N–H and O–H groups in total. The van der Waals surface area contributed by atoms with E-state index < -0.39 is 0 Å². The zero-order valence-corrected chi connectivity index (χ0v) is 11.6. The molecule has 1 aliphatic heterocycles. The van der Waals surface area contributed by atoms with E-state index in [1.807, 2.05) is 12.1 Å². The number of phenols is 1. The van der Waals surface area contributed by atoms with Gasteiger partial charge in [0.15, 0.2) is 0 Å². The zero-order valence-electron chi connectivity index (χ0n) is 11.6. The summed E-state index contributed by atoms with van der Waals surface area (Å²) in [6.45, 7) is 8.17. The summed E-state index contributed by atoms with van der Waals surface area (Å²) >= 11 is 0. The molecule has 0 amide bonds.